The summed E-state index contributed by atoms with van der Waals surface area (Å²) >= 11 is 1.55. The third-order valence-corrected chi connectivity index (χ3v) is 2.98. The van der Waals surface area contributed by atoms with E-state index >= 15 is 0 Å². The van der Waals surface area contributed by atoms with E-state index in [1.54, 1.807) is 11.3 Å². The average molecular weight is 214 g/mol. The summed E-state index contributed by atoms with van der Waals surface area (Å²) in [4.78, 5) is 4.41. The molecular weight excluding hydrogens is 196 g/mol. The summed E-state index contributed by atoms with van der Waals surface area (Å²) in [6.45, 7) is 7.60. The van der Waals surface area contributed by atoms with Crippen LogP contribution in [0.3, 0.4) is 0 Å². The molecule has 3 nitrogen and oxygen atoms in total. The van der Waals surface area contributed by atoms with Gasteiger partial charge in [-0.3, -0.25) is 0 Å². The van der Waals surface area contributed by atoms with Crippen LogP contribution in [0.4, 0.5) is 0 Å². The number of hydrogen-bond donors (Lipinski definition) is 1. The van der Waals surface area contributed by atoms with Gasteiger partial charge in [-0.15, -0.1) is 0 Å². The molecule has 0 aliphatic rings. The van der Waals surface area contributed by atoms with Gasteiger partial charge in [0.05, 0.1) is 12.3 Å². The summed E-state index contributed by atoms with van der Waals surface area (Å²) in [5.41, 5.74) is 6.78. The van der Waals surface area contributed by atoms with E-state index in [-0.39, 0.29) is 0 Å². The topological polar surface area (TPSA) is 48.1 Å². The molecule has 14 heavy (non-hydrogen) atoms. The third-order valence-electron chi connectivity index (χ3n) is 2.21. The zero-order chi connectivity index (χ0) is 10.6. The number of nitrogens with zero attached hydrogens (tertiary/aromatic N) is 1. The summed E-state index contributed by atoms with van der Waals surface area (Å²) in [6, 6.07) is 0. The van der Waals surface area contributed by atoms with Crippen LogP contribution in [0.25, 0.3) is 0 Å². The number of nitrogens with two attached hydrogens (primary N) is 1. The first kappa shape index (κ1) is 11.5. The van der Waals surface area contributed by atoms with Gasteiger partial charge < -0.3 is 10.5 Å². The molecule has 1 heterocycles. The maximum absolute atomic E-state index is 5.71. The molecule has 0 bridgehead atoms. The minimum absolute atomic E-state index is 0.348. The van der Waals surface area contributed by atoms with Crippen LogP contribution in [0.2, 0.25) is 0 Å². The molecule has 0 saturated heterocycles. The maximum Gasteiger partial charge on any atom is 0.273 e. The lowest BCUT2D eigenvalue weighted by Crippen LogP contribution is -2.18. The van der Waals surface area contributed by atoms with Gasteiger partial charge in [0.15, 0.2) is 0 Å². The van der Waals surface area contributed by atoms with Crippen molar-refractivity contribution >= 4 is 11.3 Å². The maximum atomic E-state index is 5.71. The molecule has 0 aliphatic carbocycles. The van der Waals surface area contributed by atoms with Crippen LogP contribution in [0.5, 0.6) is 5.19 Å². The fraction of sp³-hybridized carbons (Fsp3) is 0.700. The molecule has 1 aromatic heterocycles. The second-order valence-electron chi connectivity index (χ2n) is 3.56. The molecular formula is C10H18N2OS. The molecule has 4 heteroatoms. The van der Waals surface area contributed by atoms with Gasteiger partial charge in [0.2, 0.25) is 0 Å². The molecule has 0 saturated carbocycles. The van der Waals surface area contributed by atoms with Crippen LogP contribution < -0.4 is 10.5 Å². The molecule has 1 unspecified atom stereocenters. The highest BCUT2D eigenvalue weighted by molar-refractivity contribution is 7.11. The van der Waals surface area contributed by atoms with Crippen LogP contribution in [0.15, 0.2) is 5.38 Å². The molecule has 0 aromatic carbocycles. The van der Waals surface area contributed by atoms with Crippen molar-refractivity contribution in [3.63, 3.8) is 0 Å². The molecule has 1 aromatic rings. The first-order valence-electron chi connectivity index (χ1n) is 4.97. The van der Waals surface area contributed by atoms with Crippen molar-refractivity contribution < 1.29 is 4.74 Å². The summed E-state index contributed by atoms with van der Waals surface area (Å²) in [5.74, 6) is 0.872. The Bertz CT molecular complexity index is 273. The smallest absolute Gasteiger partial charge is 0.273 e. The molecule has 80 valence electrons. The van der Waals surface area contributed by atoms with E-state index in [0.717, 1.165) is 10.9 Å². The average Bonchev–Trinajstić information content (AvgIpc) is 2.54. The lowest BCUT2D eigenvalue weighted by atomic mass is 9.93. The second kappa shape index (κ2) is 5.32. The molecule has 0 aliphatic heterocycles. The van der Waals surface area contributed by atoms with Gasteiger partial charge in [-0.05, 0) is 12.8 Å². The van der Waals surface area contributed by atoms with Gasteiger partial charge >= 0.3 is 0 Å². The quantitative estimate of drug-likeness (QED) is 0.817. The first-order valence-corrected chi connectivity index (χ1v) is 5.85. The summed E-state index contributed by atoms with van der Waals surface area (Å²) in [7, 11) is 0. The Morgan fingerprint density at radius 3 is 2.79 bits per heavy atom. The standard InChI is InChI=1S/C10H18N2OS/c1-4-13-10-12-9(6-14-10)8(5-11)7(2)3/h6-8H,4-5,11H2,1-3H3. The first-order chi connectivity index (χ1) is 6.69. The summed E-state index contributed by atoms with van der Waals surface area (Å²) < 4.78 is 5.33. The monoisotopic (exact) mass is 214 g/mol. The van der Waals surface area contributed by atoms with Crippen molar-refractivity contribution in [3.8, 4) is 5.19 Å². The molecule has 1 rings (SSSR count). The molecule has 2 N–H and O–H groups in total. The van der Waals surface area contributed by atoms with E-state index in [4.69, 9.17) is 10.5 Å². The van der Waals surface area contributed by atoms with Crippen molar-refractivity contribution in [2.45, 2.75) is 26.7 Å². The van der Waals surface area contributed by atoms with Gasteiger partial charge in [-0.25, -0.2) is 4.98 Å². The summed E-state index contributed by atoms with van der Waals surface area (Å²) in [6.07, 6.45) is 0. The Balaban J connectivity index is 2.73. The zero-order valence-corrected chi connectivity index (χ0v) is 9.80. The lowest BCUT2D eigenvalue weighted by molar-refractivity contribution is 0.336. The van der Waals surface area contributed by atoms with E-state index in [1.165, 1.54) is 0 Å². The number of rotatable bonds is 5. The van der Waals surface area contributed by atoms with E-state index in [2.05, 4.69) is 18.8 Å². The Morgan fingerprint density at radius 2 is 2.29 bits per heavy atom. The second-order valence-corrected chi connectivity index (χ2v) is 4.38. The molecule has 0 amide bonds. The van der Waals surface area contributed by atoms with Crippen molar-refractivity contribution in [2.24, 2.45) is 11.7 Å². The SMILES string of the molecule is CCOc1nc(C(CN)C(C)C)cs1. The molecule has 0 radical (unpaired) electrons. The fourth-order valence-corrected chi connectivity index (χ4v) is 2.16. The van der Waals surface area contributed by atoms with Crippen LogP contribution in [-0.2, 0) is 0 Å². The van der Waals surface area contributed by atoms with Crippen molar-refractivity contribution in [1.29, 1.82) is 0 Å². The Labute approximate surface area is 89.3 Å². The van der Waals surface area contributed by atoms with Crippen molar-refractivity contribution in [1.82, 2.24) is 4.98 Å². The van der Waals surface area contributed by atoms with Crippen LogP contribution in [0.1, 0.15) is 32.4 Å². The van der Waals surface area contributed by atoms with E-state index in [9.17, 15) is 0 Å². The normalized spacial score (nSPS) is 13.2. The number of hydrogen-bond acceptors (Lipinski definition) is 4. The van der Waals surface area contributed by atoms with E-state index < -0.39 is 0 Å². The van der Waals surface area contributed by atoms with E-state index in [0.29, 0.717) is 25.0 Å². The number of thiazole rings is 1. The Hall–Kier alpha value is -0.610. The number of aromatic nitrogens is 1. The van der Waals surface area contributed by atoms with Gasteiger partial charge in [0.25, 0.3) is 5.19 Å². The molecule has 0 fully saturated rings. The largest absolute Gasteiger partial charge is 0.470 e. The molecule has 1 atom stereocenters. The Kier molecular flexibility index (Phi) is 4.35. The lowest BCUT2D eigenvalue weighted by Gasteiger charge is -2.15. The third kappa shape index (κ3) is 2.69. The van der Waals surface area contributed by atoms with Gasteiger partial charge in [-0.2, -0.15) is 0 Å². The predicted octanol–water partition coefficient (Wildman–Crippen LogP) is 2.24. The molecule has 0 spiro atoms. The fourth-order valence-electron chi connectivity index (χ4n) is 1.36. The van der Waals surface area contributed by atoms with Crippen LogP contribution in [-0.4, -0.2) is 18.1 Å². The van der Waals surface area contributed by atoms with Gasteiger partial charge in [-0.1, -0.05) is 25.2 Å². The van der Waals surface area contributed by atoms with Gasteiger partial charge in [0.1, 0.15) is 0 Å². The highest BCUT2D eigenvalue weighted by atomic mass is 32.1. The van der Waals surface area contributed by atoms with Crippen molar-refractivity contribution in [3.05, 3.63) is 11.1 Å². The van der Waals surface area contributed by atoms with E-state index in [1.807, 2.05) is 12.3 Å². The minimum atomic E-state index is 0.348. The highest BCUT2D eigenvalue weighted by Gasteiger charge is 2.17. The van der Waals surface area contributed by atoms with Crippen LogP contribution >= 0.6 is 11.3 Å². The zero-order valence-electron chi connectivity index (χ0n) is 8.99. The van der Waals surface area contributed by atoms with Crippen LogP contribution in [0, 0.1) is 5.92 Å². The predicted molar refractivity (Wildman–Crippen MR) is 59.9 cm³/mol. The Morgan fingerprint density at radius 1 is 1.57 bits per heavy atom. The van der Waals surface area contributed by atoms with Gasteiger partial charge in [0, 0.05) is 17.8 Å². The summed E-state index contributed by atoms with van der Waals surface area (Å²) in [5, 5.41) is 2.80. The minimum Gasteiger partial charge on any atom is -0.470 e. The van der Waals surface area contributed by atoms with Crippen molar-refractivity contribution in [2.75, 3.05) is 13.2 Å². The highest BCUT2D eigenvalue weighted by Crippen LogP contribution is 2.27. The number of ether oxygens (including phenoxy) is 1.